The highest BCUT2D eigenvalue weighted by molar-refractivity contribution is 14.1. The highest BCUT2D eigenvalue weighted by Gasteiger charge is 2.60. The molecule has 0 fully saturated rings. The molecule has 1 unspecified atom stereocenters. The molecular weight excluding hydrogens is 429 g/mol. The zero-order valence-corrected chi connectivity index (χ0v) is 17.0. The van der Waals surface area contributed by atoms with Crippen LogP contribution < -0.4 is 0 Å². The number of hydrogen-bond acceptors (Lipinski definition) is 3. The smallest absolute Gasteiger partial charge is 0.324 e. The van der Waals surface area contributed by atoms with Gasteiger partial charge < -0.3 is 19.2 Å². The van der Waals surface area contributed by atoms with Crippen LogP contribution in [0.15, 0.2) is 0 Å². The van der Waals surface area contributed by atoms with E-state index in [0.717, 1.165) is 4.43 Å². The Morgan fingerprint density at radius 1 is 0.952 bits per heavy atom. The fourth-order valence-electron chi connectivity index (χ4n) is 2.52. The van der Waals surface area contributed by atoms with Crippen molar-refractivity contribution >= 4 is 37.8 Å². The molecule has 6 nitrogen and oxygen atoms in total. The van der Waals surface area contributed by atoms with E-state index in [1.54, 1.807) is 0 Å². The Morgan fingerprint density at radius 3 is 1.62 bits per heavy atom. The maximum absolute atomic E-state index is 12.8. The lowest BCUT2D eigenvalue weighted by atomic mass is 9.95. The van der Waals surface area contributed by atoms with Gasteiger partial charge in [0.2, 0.25) is 0 Å². The van der Waals surface area contributed by atoms with E-state index in [-0.39, 0.29) is 12.8 Å². The minimum absolute atomic E-state index is 0.116. The van der Waals surface area contributed by atoms with E-state index in [1.165, 1.54) is 13.8 Å². The Bertz CT molecular complexity index is 414. The van der Waals surface area contributed by atoms with Crippen molar-refractivity contribution in [2.75, 3.05) is 4.43 Å². The second kappa shape index (κ2) is 8.22. The van der Waals surface area contributed by atoms with Crippen molar-refractivity contribution in [3.8, 4) is 0 Å². The molecule has 0 rings (SSSR count). The van der Waals surface area contributed by atoms with Gasteiger partial charge >= 0.3 is 15.2 Å². The molecular formula is C12H27IO6P2. The van der Waals surface area contributed by atoms with E-state index in [2.05, 4.69) is 22.6 Å². The van der Waals surface area contributed by atoms with Crippen molar-refractivity contribution in [1.82, 2.24) is 0 Å². The van der Waals surface area contributed by atoms with Crippen LogP contribution in [-0.2, 0) is 13.7 Å². The summed E-state index contributed by atoms with van der Waals surface area (Å²) in [6.07, 6.45) is 1.36. The summed E-state index contributed by atoms with van der Waals surface area (Å²) in [5, 5.41) is 0. The largest absolute Gasteiger partial charge is 0.346 e. The minimum Gasteiger partial charge on any atom is -0.324 e. The predicted octanol–water partition coefficient (Wildman–Crippen LogP) is 4.27. The van der Waals surface area contributed by atoms with Crippen LogP contribution in [0.3, 0.4) is 0 Å². The van der Waals surface area contributed by atoms with Gasteiger partial charge in [0.15, 0.2) is 4.90 Å². The van der Waals surface area contributed by atoms with Gasteiger partial charge in [0, 0.05) is 4.43 Å². The van der Waals surface area contributed by atoms with Crippen molar-refractivity contribution < 1.29 is 28.3 Å². The van der Waals surface area contributed by atoms with E-state index in [4.69, 9.17) is 4.52 Å². The number of hydrogen-bond donors (Lipinski definition) is 3. The van der Waals surface area contributed by atoms with Crippen LogP contribution in [0, 0.1) is 0 Å². The summed E-state index contributed by atoms with van der Waals surface area (Å²) in [4.78, 5) is 27.7. The van der Waals surface area contributed by atoms with Crippen molar-refractivity contribution in [3.05, 3.63) is 0 Å². The third-order valence-corrected chi connectivity index (χ3v) is 10.5. The first-order valence-corrected chi connectivity index (χ1v) is 11.9. The maximum Gasteiger partial charge on any atom is 0.346 e. The van der Waals surface area contributed by atoms with Crippen LogP contribution in [0.1, 0.15) is 59.8 Å². The molecule has 9 heteroatoms. The molecule has 21 heavy (non-hydrogen) atoms. The number of rotatable bonds is 10. The van der Waals surface area contributed by atoms with Crippen LogP contribution >= 0.6 is 37.8 Å². The molecule has 128 valence electrons. The number of alkyl halides is 1. The second-order valence-electron chi connectivity index (χ2n) is 5.17. The van der Waals surface area contributed by atoms with Crippen molar-refractivity contribution in [1.29, 1.82) is 0 Å². The average molecular weight is 456 g/mol. The molecule has 0 spiro atoms. The average Bonchev–Trinajstić information content (AvgIpc) is 2.37. The molecule has 0 aromatic heterocycles. The number of halogens is 1. The maximum atomic E-state index is 12.8. The summed E-state index contributed by atoms with van der Waals surface area (Å²) < 4.78 is 30.9. The lowest BCUT2D eigenvalue weighted by Crippen LogP contribution is -2.36. The zero-order valence-electron chi connectivity index (χ0n) is 13.1. The van der Waals surface area contributed by atoms with Gasteiger partial charge in [-0.2, -0.15) is 0 Å². The highest BCUT2D eigenvalue weighted by Crippen LogP contribution is 2.75. The predicted molar refractivity (Wildman–Crippen MR) is 93.1 cm³/mol. The molecule has 3 N–H and O–H groups in total. The Kier molecular flexibility index (Phi) is 8.63. The summed E-state index contributed by atoms with van der Waals surface area (Å²) >= 11 is 2.16. The minimum atomic E-state index is -4.79. The Morgan fingerprint density at radius 2 is 1.38 bits per heavy atom. The lowest BCUT2D eigenvalue weighted by molar-refractivity contribution is 0.0402. The lowest BCUT2D eigenvalue weighted by Gasteiger charge is -2.41. The summed E-state index contributed by atoms with van der Waals surface area (Å²) in [5.41, 5.74) is -0.823. The summed E-state index contributed by atoms with van der Waals surface area (Å²) in [5.74, 6) is 0. The standard InChI is InChI=1S/C12H27IO6P2/c1-5-11(6-2,9-10-13)19-21(17,18)12(7-3,8-4)20(14,15)16/h5-10H2,1-4H3,(H,17,18)(H2,14,15,16). The normalized spacial score (nSPS) is 16.8. The third-order valence-electron chi connectivity index (χ3n) is 4.36. The molecule has 1 atom stereocenters. The molecule has 0 aliphatic carbocycles. The van der Waals surface area contributed by atoms with Crippen molar-refractivity contribution in [3.63, 3.8) is 0 Å². The molecule has 0 bridgehead atoms. The molecule has 0 saturated heterocycles. The van der Waals surface area contributed by atoms with Gasteiger partial charge in [-0.25, -0.2) is 0 Å². The first-order chi connectivity index (χ1) is 9.51. The first kappa shape index (κ1) is 22.0. The molecule has 0 aliphatic heterocycles. The summed E-state index contributed by atoms with van der Waals surface area (Å²) in [7, 11) is -9.30. The van der Waals surface area contributed by atoms with Gasteiger partial charge in [0.25, 0.3) is 0 Å². The van der Waals surface area contributed by atoms with Crippen LogP contribution in [0.4, 0.5) is 0 Å². The molecule has 0 aromatic carbocycles. The molecule has 0 aliphatic rings. The quantitative estimate of drug-likeness (QED) is 0.258. The highest BCUT2D eigenvalue weighted by atomic mass is 127. The van der Waals surface area contributed by atoms with E-state index >= 15 is 0 Å². The SMILES string of the molecule is CCC(CC)(CCI)OP(=O)(O)C(CC)(CC)P(=O)(O)O. The molecule has 0 radical (unpaired) electrons. The Balaban J connectivity index is 5.82. The molecule has 0 saturated carbocycles. The van der Waals surface area contributed by atoms with Crippen molar-refractivity contribution in [2.45, 2.75) is 70.3 Å². The fourth-order valence-corrected chi connectivity index (χ4v) is 7.61. The second-order valence-corrected chi connectivity index (χ2v) is 10.6. The Labute approximate surface area is 140 Å². The summed E-state index contributed by atoms with van der Waals surface area (Å²) in [6, 6.07) is 0. The first-order valence-electron chi connectivity index (χ1n) is 7.16. The summed E-state index contributed by atoms with van der Waals surface area (Å²) in [6.45, 7) is 6.72. The van der Waals surface area contributed by atoms with E-state index in [0.29, 0.717) is 19.3 Å². The van der Waals surface area contributed by atoms with Gasteiger partial charge in [0.05, 0.1) is 5.60 Å². The Hall–Kier alpha value is 1.03. The van der Waals surface area contributed by atoms with Crippen LogP contribution in [-0.4, -0.2) is 29.6 Å². The van der Waals surface area contributed by atoms with E-state index in [1.807, 2.05) is 13.8 Å². The molecule has 0 amide bonds. The third kappa shape index (κ3) is 4.52. The van der Waals surface area contributed by atoms with Gasteiger partial charge in [-0.1, -0.05) is 50.3 Å². The fraction of sp³-hybridized carbons (Fsp3) is 1.00. The zero-order chi connectivity index (χ0) is 16.9. The van der Waals surface area contributed by atoms with Crippen molar-refractivity contribution in [2.24, 2.45) is 0 Å². The van der Waals surface area contributed by atoms with Crippen LogP contribution in [0.25, 0.3) is 0 Å². The van der Waals surface area contributed by atoms with Crippen LogP contribution in [0.5, 0.6) is 0 Å². The van der Waals surface area contributed by atoms with Gasteiger partial charge in [0.1, 0.15) is 0 Å². The van der Waals surface area contributed by atoms with Crippen LogP contribution in [0.2, 0.25) is 0 Å². The monoisotopic (exact) mass is 456 g/mol. The molecule has 0 heterocycles. The van der Waals surface area contributed by atoms with Gasteiger partial charge in [-0.3, -0.25) is 9.13 Å². The van der Waals surface area contributed by atoms with Gasteiger partial charge in [-0.15, -0.1) is 0 Å². The van der Waals surface area contributed by atoms with Gasteiger partial charge in [-0.05, 0) is 32.1 Å². The van der Waals surface area contributed by atoms with E-state index in [9.17, 15) is 23.8 Å². The van der Waals surface area contributed by atoms with E-state index < -0.39 is 25.7 Å². The molecule has 0 aromatic rings. The topological polar surface area (TPSA) is 104 Å².